The molecule has 3 aromatic carbocycles. The highest BCUT2D eigenvalue weighted by atomic mass is 32.2. The Hall–Kier alpha value is -2.68. The van der Waals surface area contributed by atoms with E-state index in [4.69, 9.17) is 0 Å². The maximum absolute atomic E-state index is 13.0. The Balaban J connectivity index is 1.37. The third-order valence-corrected chi connectivity index (χ3v) is 8.36. The second-order valence-corrected chi connectivity index (χ2v) is 10.9. The summed E-state index contributed by atoms with van der Waals surface area (Å²) in [6, 6.07) is 18.1. The molecule has 1 aromatic heterocycles. The predicted octanol–water partition coefficient (Wildman–Crippen LogP) is 4.50. The molecule has 0 unspecified atom stereocenters. The van der Waals surface area contributed by atoms with Crippen LogP contribution in [0.3, 0.4) is 0 Å². The van der Waals surface area contributed by atoms with Crippen molar-refractivity contribution in [2.24, 2.45) is 0 Å². The minimum Gasteiger partial charge on any atom is -0.302 e. The molecule has 0 spiro atoms. The number of benzene rings is 3. The summed E-state index contributed by atoms with van der Waals surface area (Å²) in [4.78, 5) is 15.2. The van der Waals surface area contributed by atoms with Gasteiger partial charge in [0.25, 0.3) is 10.0 Å². The Bertz CT molecular complexity index is 1430. The fourth-order valence-corrected chi connectivity index (χ4v) is 6.36. The highest BCUT2D eigenvalue weighted by Crippen LogP contribution is 2.25. The van der Waals surface area contributed by atoms with E-state index in [2.05, 4.69) is 9.62 Å². The Morgan fingerprint density at radius 3 is 2.47 bits per heavy atom. The van der Waals surface area contributed by atoms with Crippen molar-refractivity contribution >= 4 is 48.0 Å². The molecule has 1 aliphatic heterocycles. The average Bonchev–Trinajstić information content (AvgIpc) is 3.11. The highest BCUT2D eigenvalue weighted by molar-refractivity contribution is 7.92. The van der Waals surface area contributed by atoms with Gasteiger partial charge in [-0.05, 0) is 67.0 Å². The second kappa shape index (κ2) is 8.69. The van der Waals surface area contributed by atoms with Gasteiger partial charge in [0.15, 0.2) is 0 Å². The van der Waals surface area contributed by atoms with Crippen LogP contribution in [-0.2, 0) is 16.6 Å². The number of aromatic nitrogens is 1. The molecular formula is C24H25N3O3S2. The summed E-state index contributed by atoms with van der Waals surface area (Å²) in [5.41, 5.74) is 1.31. The summed E-state index contributed by atoms with van der Waals surface area (Å²) >= 11 is 1.16. The first-order valence-corrected chi connectivity index (χ1v) is 13.2. The first-order valence-electron chi connectivity index (χ1n) is 10.9. The molecule has 5 rings (SSSR count). The summed E-state index contributed by atoms with van der Waals surface area (Å²) < 4.78 is 31.2. The molecule has 2 heterocycles. The number of hydrogen-bond donors (Lipinski definition) is 1. The lowest BCUT2D eigenvalue weighted by Crippen LogP contribution is -2.33. The molecule has 8 heteroatoms. The third kappa shape index (κ3) is 4.30. The van der Waals surface area contributed by atoms with Crippen LogP contribution in [0, 0.1) is 0 Å². The summed E-state index contributed by atoms with van der Waals surface area (Å²) in [5, 5.41) is 1.86. The van der Waals surface area contributed by atoms with Crippen molar-refractivity contribution in [3.63, 3.8) is 0 Å². The minimum atomic E-state index is -3.74. The normalized spacial score (nSPS) is 15.4. The molecule has 0 amide bonds. The number of sulfonamides is 1. The van der Waals surface area contributed by atoms with Crippen molar-refractivity contribution in [2.45, 2.75) is 30.7 Å². The number of hydrogen-bond acceptors (Lipinski definition) is 5. The van der Waals surface area contributed by atoms with Crippen LogP contribution in [0.2, 0.25) is 0 Å². The Morgan fingerprint density at radius 2 is 1.66 bits per heavy atom. The zero-order valence-electron chi connectivity index (χ0n) is 17.7. The summed E-state index contributed by atoms with van der Waals surface area (Å²) in [6.07, 6.45) is 3.73. The van der Waals surface area contributed by atoms with Crippen molar-refractivity contribution in [3.05, 3.63) is 70.3 Å². The Kier molecular flexibility index (Phi) is 5.75. The van der Waals surface area contributed by atoms with Crippen LogP contribution in [0.4, 0.5) is 5.69 Å². The van der Waals surface area contributed by atoms with E-state index in [9.17, 15) is 13.2 Å². The smallest absolute Gasteiger partial charge is 0.302 e. The molecule has 0 saturated carbocycles. The van der Waals surface area contributed by atoms with Crippen molar-refractivity contribution < 1.29 is 8.42 Å². The molecule has 0 aliphatic carbocycles. The van der Waals surface area contributed by atoms with Gasteiger partial charge in [0.2, 0.25) is 0 Å². The summed E-state index contributed by atoms with van der Waals surface area (Å²) in [5.74, 6) is 0. The first kappa shape index (κ1) is 21.2. The zero-order chi connectivity index (χ0) is 22.1. The molecule has 1 N–H and O–H groups in total. The number of nitrogens with one attached hydrogen (secondary N) is 1. The zero-order valence-corrected chi connectivity index (χ0v) is 19.3. The van der Waals surface area contributed by atoms with E-state index < -0.39 is 10.0 Å². The van der Waals surface area contributed by atoms with Gasteiger partial charge < -0.3 is 4.90 Å². The van der Waals surface area contributed by atoms with Gasteiger partial charge >= 0.3 is 4.87 Å². The molecule has 1 fully saturated rings. The van der Waals surface area contributed by atoms with E-state index in [0.717, 1.165) is 52.0 Å². The van der Waals surface area contributed by atoms with Crippen LogP contribution in [0.1, 0.15) is 19.3 Å². The molecule has 0 atom stereocenters. The standard InChI is InChI=1S/C24H25N3O3S2/c28-24-27(15-14-26-12-4-1-5-13-26)22-11-9-20(17-23(22)31-24)25-32(29,30)21-10-8-18-6-2-3-7-19(18)16-21/h2-3,6-11,16-17,25H,1,4-5,12-15H2. The molecule has 6 nitrogen and oxygen atoms in total. The number of anilines is 1. The predicted molar refractivity (Wildman–Crippen MR) is 131 cm³/mol. The minimum absolute atomic E-state index is 0.00783. The molecule has 1 aliphatic rings. The molecular weight excluding hydrogens is 442 g/mol. The maximum atomic E-state index is 13.0. The van der Waals surface area contributed by atoms with Gasteiger partial charge in [-0.2, -0.15) is 0 Å². The van der Waals surface area contributed by atoms with Crippen molar-refractivity contribution in [2.75, 3.05) is 24.4 Å². The first-order chi connectivity index (χ1) is 15.5. The number of rotatable bonds is 6. The Morgan fingerprint density at radius 1 is 0.875 bits per heavy atom. The third-order valence-electron chi connectivity index (χ3n) is 6.04. The highest BCUT2D eigenvalue weighted by Gasteiger charge is 2.17. The average molecular weight is 468 g/mol. The van der Waals surface area contributed by atoms with E-state index in [0.29, 0.717) is 12.2 Å². The second-order valence-electron chi connectivity index (χ2n) is 8.22. The molecule has 4 aromatic rings. The molecule has 32 heavy (non-hydrogen) atoms. The fraction of sp³-hybridized carbons (Fsp3) is 0.292. The van der Waals surface area contributed by atoms with Crippen molar-refractivity contribution in [3.8, 4) is 0 Å². The Labute approximate surface area is 191 Å². The largest absolute Gasteiger partial charge is 0.308 e. The number of thiazole rings is 1. The number of piperidine rings is 1. The quantitative estimate of drug-likeness (QED) is 0.453. The van der Waals surface area contributed by atoms with Gasteiger partial charge in [0, 0.05) is 13.1 Å². The van der Waals surface area contributed by atoms with Crippen LogP contribution >= 0.6 is 11.3 Å². The van der Waals surface area contributed by atoms with Gasteiger partial charge in [-0.1, -0.05) is 48.1 Å². The monoisotopic (exact) mass is 467 g/mol. The van der Waals surface area contributed by atoms with E-state index in [1.165, 1.54) is 19.3 Å². The lowest BCUT2D eigenvalue weighted by Gasteiger charge is -2.26. The topological polar surface area (TPSA) is 71.4 Å². The van der Waals surface area contributed by atoms with Crippen LogP contribution in [0.15, 0.2) is 70.4 Å². The van der Waals surface area contributed by atoms with Crippen LogP contribution in [0.5, 0.6) is 0 Å². The van der Waals surface area contributed by atoms with E-state index in [-0.39, 0.29) is 9.77 Å². The molecule has 0 bridgehead atoms. The van der Waals surface area contributed by atoms with Crippen LogP contribution in [-0.4, -0.2) is 37.5 Å². The molecule has 1 saturated heterocycles. The van der Waals surface area contributed by atoms with Crippen LogP contribution in [0.25, 0.3) is 21.0 Å². The summed E-state index contributed by atoms with van der Waals surface area (Å²) in [7, 11) is -3.74. The number of likely N-dealkylation sites (tertiary alicyclic amines) is 1. The van der Waals surface area contributed by atoms with Gasteiger partial charge in [0.1, 0.15) is 0 Å². The number of fused-ring (bicyclic) bond motifs is 2. The maximum Gasteiger partial charge on any atom is 0.308 e. The SMILES string of the molecule is O=c1sc2cc(NS(=O)(=O)c3ccc4ccccc4c3)ccc2n1CCN1CCCCC1. The lowest BCUT2D eigenvalue weighted by atomic mass is 10.1. The number of nitrogens with zero attached hydrogens (tertiary/aromatic N) is 2. The van der Waals surface area contributed by atoms with E-state index in [1.807, 2.05) is 30.3 Å². The summed E-state index contributed by atoms with van der Waals surface area (Å²) in [6.45, 7) is 3.71. The van der Waals surface area contributed by atoms with Crippen molar-refractivity contribution in [1.82, 2.24) is 9.47 Å². The molecule has 0 radical (unpaired) electrons. The fourth-order valence-electron chi connectivity index (χ4n) is 4.31. The van der Waals surface area contributed by atoms with Gasteiger partial charge in [-0.3, -0.25) is 14.1 Å². The van der Waals surface area contributed by atoms with Gasteiger partial charge in [0.05, 0.1) is 20.8 Å². The van der Waals surface area contributed by atoms with Gasteiger partial charge in [-0.25, -0.2) is 8.42 Å². The van der Waals surface area contributed by atoms with E-state index in [1.54, 1.807) is 34.9 Å². The van der Waals surface area contributed by atoms with Crippen LogP contribution < -0.4 is 9.60 Å². The lowest BCUT2D eigenvalue weighted by molar-refractivity contribution is 0.221. The molecule has 166 valence electrons. The van der Waals surface area contributed by atoms with E-state index >= 15 is 0 Å². The van der Waals surface area contributed by atoms with Gasteiger partial charge in [-0.15, -0.1) is 0 Å². The van der Waals surface area contributed by atoms with Crippen molar-refractivity contribution in [1.29, 1.82) is 0 Å².